The quantitative estimate of drug-likeness (QED) is 0.884. The van der Waals surface area contributed by atoms with Crippen LogP contribution >= 0.6 is 0 Å². The van der Waals surface area contributed by atoms with E-state index in [9.17, 15) is 23.1 Å². The smallest absolute Gasteiger partial charge is 0.391 e. The molecule has 0 bridgehead atoms. The number of aliphatic hydroxyl groups excluding tert-OH is 1. The lowest BCUT2D eigenvalue weighted by Crippen LogP contribution is -2.42. The van der Waals surface area contributed by atoms with Crippen molar-refractivity contribution in [1.29, 1.82) is 0 Å². The summed E-state index contributed by atoms with van der Waals surface area (Å²) in [5.41, 5.74) is -0.926. The zero-order valence-electron chi connectivity index (χ0n) is 14.1. The van der Waals surface area contributed by atoms with Crippen LogP contribution in [-0.2, 0) is 6.18 Å². The Morgan fingerprint density at radius 3 is 2.68 bits per heavy atom. The number of pyridine rings is 1. The molecule has 2 heterocycles. The molecule has 0 amide bonds. The van der Waals surface area contributed by atoms with Crippen LogP contribution in [0.1, 0.15) is 38.7 Å². The zero-order chi connectivity index (χ0) is 18.4. The van der Waals surface area contributed by atoms with Crippen LogP contribution < -0.4 is 10.5 Å². The van der Waals surface area contributed by atoms with Crippen molar-refractivity contribution in [2.24, 2.45) is 0 Å². The molecule has 3 atom stereocenters. The van der Waals surface area contributed by atoms with Gasteiger partial charge in [0.2, 0.25) is 5.56 Å². The number of nitrogens with one attached hydrogen (secondary N) is 1. The molecule has 2 N–H and O–H groups in total. The van der Waals surface area contributed by atoms with Gasteiger partial charge in [-0.1, -0.05) is 6.92 Å². The molecule has 0 aliphatic carbocycles. The van der Waals surface area contributed by atoms with Crippen molar-refractivity contribution >= 4 is 16.6 Å². The predicted octanol–water partition coefficient (Wildman–Crippen LogP) is 3.68. The van der Waals surface area contributed by atoms with Crippen molar-refractivity contribution in [3.8, 4) is 0 Å². The van der Waals surface area contributed by atoms with E-state index in [0.717, 1.165) is 12.8 Å². The van der Waals surface area contributed by atoms with Crippen molar-refractivity contribution in [3.05, 3.63) is 40.2 Å². The van der Waals surface area contributed by atoms with E-state index in [1.54, 1.807) is 6.07 Å². The summed E-state index contributed by atoms with van der Waals surface area (Å²) in [4.78, 5) is 16.0. The lowest BCUT2D eigenvalue weighted by Gasteiger charge is -2.33. The Morgan fingerprint density at radius 1 is 1.32 bits per heavy atom. The molecule has 1 saturated heterocycles. The molecule has 1 aliphatic rings. The van der Waals surface area contributed by atoms with Gasteiger partial charge >= 0.3 is 6.18 Å². The van der Waals surface area contributed by atoms with Crippen LogP contribution in [0.2, 0.25) is 0 Å². The molecule has 1 fully saturated rings. The van der Waals surface area contributed by atoms with Crippen molar-refractivity contribution in [3.63, 3.8) is 0 Å². The van der Waals surface area contributed by atoms with Gasteiger partial charge in [0, 0.05) is 28.7 Å². The first kappa shape index (κ1) is 17.8. The van der Waals surface area contributed by atoms with E-state index in [0.29, 0.717) is 18.2 Å². The van der Waals surface area contributed by atoms with Crippen LogP contribution in [0.3, 0.4) is 0 Å². The van der Waals surface area contributed by atoms with Gasteiger partial charge in [-0.15, -0.1) is 0 Å². The largest absolute Gasteiger partial charge is 0.417 e. The number of benzene rings is 1. The Bertz CT molecular complexity index is 831. The highest BCUT2D eigenvalue weighted by Crippen LogP contribution is 2.38. The number of aromatic nitrogens is 1. The van der Waals surface area contributed by atoms with E-state index in [1.165, 1.54) is 12.1 Å². The Kier molecular flexibility index (Phi) is 4.53. The number of H-pyrrole nitrogens is 1. The van der Waals surface area contributed by atoms with Gasteiger partial charge in [-0.05, 0) is 44.4 Å². The number of hydrogen-bond acceptors (Lipinski definition) is 3. The number of aromatic amines is 1. The molecule has 0 spiro atoms. The molecule has 7 heteroatoms. The number of fused-ring (bicyclic) bond motifs is 1. The molecule has 0 saturated carbocycles. The lowest BCUT2D eigenvalue weighted by atomic mass is 10.0. The van der Waals surface area contributed by atoms with Gasteiger partial charge in [-0.3, -0.25) is 4.79 Å². The highest BCUT2D eigenvalue weighted by molar-refractivity contribution is 5.86. The monoisotopic (exact) mass is 354 g/mol. The van der Waals surface area contributed by atoms with Gasteiger partial charge < -0.3 is 15.0 Å². The van der Waals surface area contributed by atoms with Gasteiger partial charge in [0.15, 0.2) is 0 Å². The molecule has 25 heavy (non-hydrogen) atoms. The SMILES string of the molecule is CC[C@@H](O)[C@H]1CC[C@H](C)N1c1ccc2[nH]c(=O)cc(C(F)(F)F)c2c1. The summed E-state index contributed by atoms with van der Waals surface area (Å²) < 4.78 is 40.0. The summed E-state index contributed by atoms with van der Waals surface area (Å²) >= 11 is 0. The summed E-state index contributed by atoms with van der Waals surface area (Å²) in [5, 5.41) is 10.2. The summed E-state index contributed by atoms with van der Waals surface area (Å²) in [6.45, 7) is 3.89. The van der Waals surface area contributed by atoms with E-state index in [-0.39, 0.29) is 23.0 Å². The minimum Gasteiger partial charge on any atom is -0.391 e. The van der Waals surface area contributed by atoms with Crippen molar-refractivity contribution < 1.29 is 18.3 Å². The van der Waals surface area contributed by atoms with Crippen molar-refractivity contribution in [1.82, 2.24) is 4.98 Å². The number of anilines is 1. The van der Waals surface area contributed by atoms with Gasteiger partial charge in [0.25, 0.3) is 0 Å². The summed E-state index contributed by atoms with van der Waals surface area (Å²) in [5.74, 6) is 0. The average molecular weight is 354 g/mol. The van der Waals surface area contributed by atoms with Crippen molar-refractivity contribution in [2.45, 2.75) is 57.5 Å². The number of nitrogens with zero attached hydrogens (tertiary/aromatic N) is 1. The third-order valence-corrected chi connectivity index (χ3v) is 5.00. The average Bonchev–Trinajstić information content (AvgIpc) is 2.93. The molecule has 1 aromatic carbocycles. The fraction of sp³-hybridized carbons (Fsp3) is 0.500. The first-order chi connectivity index (χ1) is 11.7. The van der Waals surface area contributed by atoms with E-state index in [4.69, 9.17) is 0 Å². The molecular formula is C18H21F3N2O2. The van der Waals surface area contributed by atoms with Gasteiger partial charge in [0.1, 0.15) is 0 Å². The van der Waals surface area contributed by atoms with Crippen molar-refractivity contribution in [2.75, 3.05) is 4.90 Å². The minimum absolute atomic E-state index is 0.0339. The highest BCUT2D eigenvalue weighted by atomic mass is 19.4. The summed E-state index contributed by atoms with van der Waals surface area (Å²) in [7, 11) is 0. The third-order valence-electron chi connectivity index (χ3n) is 5.00. The van der Waals surface area contributed by atoms with E-state index in [1.807, 2.05) is 18.7 Å². The second-order valence-electron chi connectivity index (χ2n) is 6.65. The molecule has 3 rings (SSSR count). The number of hydrogen-bond donors (Lipinski definition) is 2. The number of halogens is 3. The van der Waals surface area contributed by atoms with Gasteiger partial charge in [0.05, 0.1) is 17.7 Å². The molecule has 4 nitrogen and oxygen atoms in total. The minimum atomic E-state index is -4.61. The summed E-state index contributed by atoms with van der Waals surface area (Å²) in [6.07, 6.45) is -2.88. The molecule has 0 unspecified atom stereocenters. The Balaban J connectivity index is 2.15. The number of alkyl halides is 3. The van der Waals surface area contributed by atoms with E-state index < -0.39 is 23.4 Å². The fourth-order valence-electron chi connectivity index (χ4n) is 3.75. The maximum atomic E-state index is 13.3. The summed E-state index contributed by atoms with van der Waals surface area (Å²) in [6, 6.07) is 5.27. The first-order valence-electron chi connectivity index (χ1n) is 8.43. The molecule has 1 aliphatic heterocycles. The van der Waals surface area contributed by atoms with Gasteiger partial charge in [-0.2, -0.15) is 13.2 Å². The number of aliphatic hydroxyl groups is 1. The standard InChI is InChI=1S/C18H21F3N2O2/c1-3-16(24)15-7-4-10(2)23(15)11-5-6-14-12(8-11)13(18(19,20)21)9-17(25)22-14/h5-6,8-10,15-16,24H,3-4,7H2,1-2H3,(H,22,25)/t10-,15+,16+/m0/s1. The van der Waals surface area contributed by atoms with Crippen LogP contribution in [0.5, 0.6) is 0 Å². The molecular weight excluding hydrogens is 333 g/mol. The first-order valence-corrected chi connectivity index (χ1v) is 8.43. The Hall–Kier alpha value is -2.02. The van der Waals surface area contributed by atoms with E-state index >= 15 is 0 Å². The third kappa shape index (κ3) is 3.25. The molecule has 1 aromatic heterocycles. The fourth-order valence-corrected chi connectivity index (χ4v) is 3.75. The lowest BCUT2D eigenvalue weighted by molar-refractivity contribution is -0.136. The van der Waals surface area contributed by atoms with Gasteiger partial charge in [-0.25, -0.2) is 0 Å². The van der Waals surface area contributed by atoms with Crippen LogP contribution in [0, 0.1) is 0 Å². The maximum absolute atomic E-state index is 13.3. The Labute approximate surface area is 143 Å². The maximum Gasteiger partial charge on any atom is 0.417 e. The zero-order valence-corrected chi connectivity index (χ0v) is 14.1. The second-order valence-corrected chi connectivity index (χ2v) is 6.65. The van der Waals surface area contributed by atoms with Crippen LogP contribution in [0.15, 0.2) is 29.1 Å². The Morgan fingerprint density at radius 2 is 2.04 bits per heavy atom. The molecule has 2 aromatic rings. The van der Waals surface area contributed by atoms with Crippen LogP contribution in [0.25, 0.3) is 10.9 Å². The van der Waals surface area contributed by atoms with E-state index in [2.05, 4.69) is 4.98 Å². The highest BCUT2D eigenvalue weighted by Gasteiger charge is 2.36. The van der Waals surface area contributed by atoms with Crippen LogP contribution in [-0.4, -0.2) is 28.3 Å². The van der Waals surface area contributed by atoms with Crippen LogP contribution in [0.4, 0.5) is 18.9 Å². The normalized spacial score (nSPS) is 22.6. The number of rotatable bonds is 3. The predicted molar refractivity (Wildman–Crippen MR) is 90.8 cm³/mol. The molecule has 0 radical (unpaired) electrons. The second kappa shape index (κ2) is 6.37. The molecule has 136 valence electrons. The topological polar surface area (TPSA) is 56.3 Å².